The Morgan fingerprint density at radius 1 is 1.24 bits per heavy atom. The molecule has 8 nitrogen and oxygen atoms in total. The first-order valence-electron chi connectivity index (χ1n) is 9.29. The molecule has 0 aliphatic carbocycles. The molecule has 3 unspecified atom stereocenters. The number of esters is 1. The molecule has 29 heavy (non-hydrogen) atoms. The Hall–Kier alpha value is -2.90. The SMILES string of the molecule is CC1(CN=[N+]=[N-])CC(OC(=O)c2ccccc2)C(OCc2ccccc2)[C@@H](O)O1. The van der Waals surface area contributed by atoms with Gasteiger partial charge in [0.25, 0.3) is 0 Å². The maximum absolute atomic E-state index is 12.6. The van der Waals surface area contributed by atoms with Gasteiger partial charge in [0, 0.05) is 11.3 Å². The van der Waals surface area contributed by atoms with E-state index in [1.54, 1.807) is 37.3 Å². The molecular formula is C21H23N3O5. The number of benzene rings is 2. The van der Waals surface area contributed by atoms with Crippen LogP contribution < -0.4 is 0 Å². The molecule has 0 amide bonds. The molecule has 4 atom stereocenters. The predicted octanol–water partition coefficient (Wildman–Crippen LogP) is 3.61. The van der Waals surface area contributed by atoms with E-state index in [1.165, 1.54) is 0 Å². The Labute approximate surface area is 168 Å². The average molecular weight is 397 g/mol. The van der Waals surface area contributed by atoms with Gasteiger partial charge in [0.15, 0.2) is 6.29 Å². The van der Waals surface area contributed by atoms with Gasteiger partial charge in [-0.1, -0.05) is 53.6 Å². The zero-order chi connectivity index (χ0) is 20.7. The van der Waals surface area contributed by atoms with Crippen LogP contribution in [0.4, 0.5) is 0 Å². The third-order valence-corrected chi connectivity index (χ3v) is 4.71. The quantitative estimate of drug-likeness (QED) is 0.332. The van der Waals surface area contributed by atoms with Crippen LogP contribution in [-0.2, 0) is 20.8 Å². The van der Waals surface area contributed by atoms with Gasteiger partial charge in [-0.2, -0.15) is 0 Å². The monoisotopic (exact) mass is 397 g/mol. The number of hydrogen-bond donors (Lipinski definition) is 1. The van der Waals surface area contributed by atoms with Crippen molar-refractivity contribution in [3.8, 4) is 0 Å². The highest BCUT2D eigenvalue weighted by molar-refractivity contribution is 5.89. The second kappa shape index (κ2) is 9.54. The third kappa shape index (κ3) is 5.56. The van der Waals surface area contributed by atoms with Gasteiger partial charge in [-0.15, -0.1) is 0 Å². The van der Waals surface area contributed by atoms with Crippen molar-refractivity contribution in [1.29, 1.82) is 0 Å². The summed E-state index contributed by atoms with van der Waals surface area (Å²) in [5.74, 6) is -0.524. The highest BCUT2D eigenvalue weighted by atomic mass is 16.7. The van der Waals surface area contributed by atoms with Gasteiger partial charge in [-0.3, -0.25) is 0 Å². The van der Waals surface area contributed by atoms with Crippen LogP contribution in [0.15, 0.2) is 65.8 Å². The Bertz CT molecular complexity index is 857. The summed E-state index contributed by atoms with van der Waals surface area (Å²) in [4.78, 5) is 15.3. The van der Waals surface area contributed by atoms with E-state index in [2.05, 4.69) is 10.0 Å². The van der Waals surface area contributed by atoms with Crippen LogP contribution >= 0.6 is 0 Å². The Balaban J connectivity index is 1.77. The number of hydrogen-bond acceptors (Lipinski definition) is 6. The smallest absolute Gasteiger partial charge is 0.338 e. The summed E-state index contributed by atoms with van der Waals surface area (Å²) in [5.41, 5.74) is 8.95. The Kier molecular flexibility index (Phi) is 6.85. The van der Waals surface area contributed by atoms with E-state index in [-0.39, 0.29) is 19.6 Å². The molecule has 8 heteroatoms. The lowest BCUT2D eigenvalue weighted by Gasteiger charge is -2.44. The summed E-state index contributed by atoms with van der Waals surface area (Å²) in [5, 5.41) is 14.1. The minimum atomic E-state index is -1.35. The predicted molar refractivity (Wildman–Crippen MR) is 105 cm³/mol. The fourth-order valence-electron chi connectivity index (χ4n) is 3.26. The molecule has 0 saturated carbocycles. The lowest BCUT2D eigenvalue weighted by molar-refractivity contribution is -0.287. The maximum atomic E-state index is 12.6. The first-order valence-corrected chi connectivity index (χ1v) is 9.29. The first-order chi connectivity index (χ1) is 14.0. The summed E-state index contributed by atoms with van der Waals surface area (Å²) in [7, 11) is 0. The van der Waals surface area contributed by atoms with Crippen LogP contribution in [-0.4, -0.2) is 41.7 Å². The van der Waals surface area contributed by atoms with E-state index in [0.29, 0.717) is 5.56 Å². The van der Waals surface area contributed by atoms with Gasteiger partial charge in [0.05, 0.1) is 24.3 Å². The molecule has 0 bridgehead atoms. The van der Waals surface area contributed by atoms with Gasteiger partial charge in [0.1, 0.15) is 12.2 Å². The summed E-state index contributed by atoms with van der Waals surface area (Å²) >= 11 is 0. The number of aliphatic hydroxyl groups excluding tert-OH is 1. The number of aliphatic hydroxyl groups is 1. The third-order valence-electron chi connectivity index (χ3n) is 4.71. The van der Waals surface area contributed by atoms with Crippen LogP contribution in [0.3, 0.4) is 0 Å². The molecule has 1 fully saturated rings. The standard InChI is InChI=1S/C21H23N3O5/c1-21(14-23-24-22)12-17(28-19(25)16-10-6-3-7-11-16)18(20(26)29-21)27-13-15-8-4-2-5-9-15/h2-11,17-18,20,26H,12-14H2,1H3/t17?,18?,20-,21?/m0/s1. The van der Waals surface area contributed by atoms with Gasteiger partial charge in [0.2, 0.25) is 0 Å². The van der Waals surface area contributed by atoms with E-state index in [1.807, 2.05) is 30.3 Å². The normalized spacial score (nSPS) is 26.3. The molecular weight excluding hydrogens is 374 g/mol. The van der Waals surface area contributed by atoms with E-state index in [9.17, 15) is 9.90 Å². The van der Waals surface area contributed by atoms with Gasteiger partial charge >= 0.3 is 5.97 Å². The van der Waals surface area contributed by atoms with Crippen molar-refractivity contribution in [3.05, 3.63) is 82.2 Å². The van der Waals surface area contributed by atoms with Crippen molar-refractivity contribution in [1.82, 2.24) is 0 Å². The molecule has 1 N–H and O–H groups in total. The number of nitrogens with zero attached hydrogens (tertiary/aromatic N) is 3. The molecule has 3 rings (SSSR count). The molecule has 2 aromatic rings. The van der Waals surface area contributed by atoms with Crippen LogP contribution in [0, 0.1) is 0 Å². The fraction of sp³-hybridized carbons (Fsp3) is 0.381. The first kappa shape index (κ1) is 20.8. The lowest BCUT2D eigenvalue weighted by Crippen LogP contribution is -2.56. The second-order valence-corrected chi connectivity index (χ2v) is 7.12. The zero-order valence-corrected chi connectivity index (χ0v) is 16.0. The van der Waals surface area contributed by atoms with Crippen molar-refractivity contribution in [2.24, 2.45) is 5.11 Å². The molecule has 0 radical (unpaired) electrons. The highest BCUT2D eigenvalue weighted by Crippen LogP contribution is 2.33. The summed E-state index contributed by atoms with van der Waals surface area (Å²) < 4.78 is 17.2. The van der Waals surface area contributed by atoms with E-state index in [4.69, 9.17) is 19.7 Å². The van der Waals surface area contributed by atoms with Crippen molar-refractivity contribution < 1.29 is 24.1 Å². The van der Waals surface area contributed by atoms with Crippen LogP contribution in [0.5, 0.6) is 0 Å². The molecule has 2 aromatic carbocycles. The number of azide groups is 1. The Morgan fingerprint density at radius 2 is 1.90 bits per heavy atom. The van der Waals surface area contributed by atoms with Gasteiger partial charge < -0.3 is 19.3 Å². The van der Waals surface area contributed by atoms with Crippen molar-refractivity contribution in [2.45, 2.75) is 44.1 Å². The molecule has 152 valence electrons. The van der Waals surface area contributed by atoms with Gasteiger partial charge in [-0.05, 0) is 30.2 Å². The topological polar surface area (TPSA) is 114 Å². The van der Waals surface area contributed by atoms with E-state index >= 15 is 0 Å². The molecule has 1 aliphatic rings. The molecule has 0 aromatic heterocycles. The number of ether oxygens (including phenoxy) is 3. The Morgan fingerprint density at radius 3 is 2.55 bits per heavy atom. The number of carbonyl (C=O) groups excluding carboxylic acids is 1. The summed E-state index contributed by atoms with van der Waals surface area (Å²) in [6.07, 6.45) is -2.81. The molecule has 1 saturated heterocycles. The number of rotatable bonds is 7. The van der Waals surface area contributed by atoms with Crippen molar-refractivity contribution >= 4 is 5.97 Å². The van der Waals surface area contributed by atoms with Crippen molar-refractivity contribution in [3.63, 3.8) is 0 Å². The second-order valence-electron chi connectivity index (χ2n) is 7.12. The van der Waals surface area contributed by atoms with Crippen molar-refractivity contribution in [2.75, 3.05) is 6.54 Å². The minimum absolute atomic E-state index is 0.00858. The average Bonchev–Trinajstić information content (AvgIpc) is 2.73. The van der Waals surface area contributed by atoms with Crippen LogP contribution in [0.25, 0.3) is 10.4 Å². The highest BCUT2D eigenvalue weighted by Gasteiger charge is 2.46. The number of carbonyl (C=O) groups is 1. The van der Waals surface area contributed by atoms with Crippen LogP contribution in [0.1, 0.15) is 29.3 Å². The van der Waals surface area contributed by atoms with E-state index in [0.717, 1.165) is 5.56 Å². The fourth-order valence-corrected chi connectivity index (χ4v) is 3.26. The van der Waals surface area contributed by atoms with E-state index < -0.39 is 30.1 Å². The zero-order valence-electron chi connectivity index (χ0n) is 16.0. The molecule has 1 heterocycles. The van der Waals surface area contributed by atoms with Crippen LogP contribution in [0.2, 0.25) is 0 Å². The maximum Gasteiger partial charge on any atom is 0.338 e. The lowest BCUT2D eigenvalue weighted by atomic mass is 9.91. The largest absolute Gasteiger partial charge is 0.456 e. The summed E-state index contributed by atoms with van der Waals surface area (Å²) in [6, 6.07) is 18.0. The molecule has 1 aliphatic heterocycles. The minimum Gasteiger partial charge on any atom is -0.456 e. The van der Waals surface area contributed by atoms with Gasteiger partial charge in [-0.25, -0.2) is 4.79 Å². The summed E-state index contributed by atoms with van der Waals surface area (Å²) in [6.45, 7) is 1.91. The molecule has 0 spiro atoms.